The Kier molecular flexibility index (Phi) is 12.9. The van der Waals surface area contributed by atoms with E-state index in [0.29, 0.717) is 0 Å². The standard InChI is InChI=1S/C35H48O14/c1-17(2)32(43)48-28-27(46-22(7)38)19(4)26(45-21(6)37)25-31(47-23(8)39)34(12,49-24(9)40)15-35(25,16-44-20(5)36)29(41)18(3)13-14-33(10,11)30(28)42/h13-14,17-18,25-28,31H,4,15-16H2,1-3,5-12H3/b14-13+/t18-,25+,26+,27+,28-,31-,34-,35-/m1/s1. The molecule has 0 radical (unpaired) electrons. The van der Waals surface area contributed by atoms with Crippen LogP contribution in [0, 0.1) is 28.6 Å². The lowest BCUT2D eigenvalue weighted by Gasteiger charge is -2.43. The maximum atomic E-state index is 14.8. The first kappa shape index (κ1) is 40.8. The summed E-state index contributed by atoms with van der Waals surface area (Å²) in [6, 6.07) is 0. The SMILES string of the molecule is C=C1[C@H](OC(C)=O)[C@H]2[C@@H](OC(C)=O)[C@](C)(OC(C)=O)C[C@]2(COC(C)=O)C(=O)[C@H](C)/C=C/C(C)(C)C(=O)[C@H](OC(=O)C(C)C)[C@H]1OC(C)=O. The van der Waals surface area contributed by atoms with Gasteiger partial charge < -0.3 is 28.4 Å². The molecule has 2 aliphatic rings. The number of fused-ring (bicyclic) bond motifs is 1. The molecule has 0 aromatic rings. The molecule has 49 heavy (non-hydrogen) atoms. The Morgan fingerprint density at radius 1 is 0.776 bits per heavy atom. The van der Waals surface area contributed by atoms with E-state index in [4.69, 9.17) is 28.4 Å². The monoisotopic (exact) mass is 692 g/mol. The average Bonchev–Trinajstić information content (AvgIpc) is 3.19. The molecule has 1 fully saturated rings. The van der Waals surface area contributed by atoms with Crippen molar-refractivity contribution >= 4 is 47.4 Å². The topological polar surface area (TPSA) is 192 Å². The van der Waals surface area contributed by atoms with Crippen LogP contribution in [0.2, 0.25) is 0 Å². The highest BCUT2D eigenvalue weighted by molar-refractivity contribution is 5.94. The van der Waals surface area contributed by atoms with Crippen molar-refractivity contribution in [2.75, 3.05) is 6.61 Å². The fraction of sp³-hybridized carbons (Fsp3) is 0.657. The summed E-state index contributed by atoms with van der Waals surface area (Å²) in [4.78, 5) is 105. The van der Waals surface area contributed by atoms with Crippen molar-refractivity contribution in [3.8, 4) is 0 Å². The molecule has 1 saturated carbocycles. The van der Waals surface area contributed by atoms with Crippen LogP contribution in [0.1, 0.15) is 82.6 Å². The Morgan fingerprint density at radius 3 is 1.78 bits per heavy atom. The van der Waals surface area contributed by atoms with E-state index >= 15 is 0 Å². The summed E-state index contributed by atoms with van der Waals surface area (Å²) >= 11 is 0. The van der Waals surface area contributed by atoms with Gasteiger partial charge in [-0.1, -0.05) is 39.5 Å². The number of rotatable bonds is 8. The van der Waals surface area contributed by atoms with Gasteiger partial charge >= 0.3 is 35.8 Å². The van der Waals surface area contributed by atoms with Gasteiger partial charge in [0.1, 0.15) is 30.2 Å². The van der Waals surface area contributed by atoms with Gasteiger partial charge in [-0.3, -0.25) is 38.4 Å². The maximum absolute atomic E-state index is 14.8. The third-order valence-electron chi connectivity index (χ3n) is 8.67. The van der Waals surface area contributed by atoms with Gasteiger partial charge in [0, 0.05) is 57.9 Å². The Balaban J connectivity index is 3.22. The van der Waals surface area contributed by atoms with Crippen molar-refractivity contribution in [1.29, 1.82) is 0 Å². The number of esters is 6. The number of carbonyl (C=O) groups excluding carboxylic acids is 8. The van der Waals surface area contributed by atoms with Gasteiger partial charge in [-0.05, 0) is 20.8 Å². The molecular weight excluding hydrogens is 644 g/mol. The van der Waals surface area contributed by atoms with Crippen LogP contribution in [0.25, 0.3) is 0 Å². The summed E-state index contributed by atoms with van der Waals surface area (Å²) in [5, 5.41) is 0. The minimum Gasteiger partial charge on any atom is -0.465 e. The summed E-state index contributed by atoms with van der Waals surface area (Å²) in [7, 11) is 0. The first-order valence-corrected chi connectivity index (χ1v) is 15.9. The molecule has 8 atom stereocenters. The third-order valence-corrected chi connectivity index (χ3v) is 8.67. The van der Waals surface area contributed by atoms with Crippen molar-refractivity contribution in [1.82, 2.24) is 0 Å². The van der Waals surface area contributed by atoms with Gasteiger partial charge in [-0.2, -0.15) is 0 Å². The van der Waals surface area contributed by atoms with Crippen molar-refractivity contribution in [2.24, 2.45) is 28.6 Å². The number of hydrogen-bond acceptors (Lipinski definition) is 14. The van der Waals surface area contributed by atoms with E-state index in [0.717, 1.165) is 34.6 Å². The van der Waals surface area contributed by atoms with E-state index < -0.39 is 119 Å². The molecule has 0 aliphatic heterocycles. The van der Waals surface area contributed by atoms with E-state index in [2.05, 4.69) is 6.58 Å². The maximum Gasteiger partial charge on any atom is 0.309 e. The summed E-state index contributed by atoms with van der Waals surface area (Å²) in [6.07, 6.45) is -4.53. The van der Waals surface area contributed by atoms with Crippen LogP contribution in [0.3, 0.4) is 0 Å². The Bertz CT molecular complexity index is 1420. The summed E-state index contributed by atoms with van der Waals surface area (Å²) in [6.45, 7) is 17.8. The van der Waals surface area contributed by atoms with E-state index in [1.54, 1.807) is 0 Å². The summed E-state index contributed by atoms with van der Waals surface area (Å²) in [5.74, 6) is -9.82. The van der Waals surface area contributed by atoms with Crippen molar-refractivity contribution in [2.45, 2.75) is 113 Å². The van der Waals surface area contributed by atoms with Gasteiger partial charge in [0.2, 0.25) is 6.10 Å². The van der Waals surface area contributed by atoms with E-state index in [9.17, 15) is 38.4 Å². The molecular formula is C35H48O14. The molecule has 14 nitrogen and oxygen atoms in total. The van der Waals surface area contributed by atoms with E-state index in [-0.39, 0.29) is 5.57 Å². The zero-order valence-electron chi connectivity index (χ0n) is 30.0. The second-order valence-corrected chi connectivity index (χ2v) is 13.8. The van der Waals surface area contributed by atoms with Crippen molar-refractivity contribution in [3.63, 3.8) is 0 Å². The summed E-state index contributed by atoms with van der Waals surface area (Å²) < 4.78 is 34.1. The molecule has 0 bridgehead atoms. The predicted molar refractivity (Wildman–Crippen MR) is 170 cm³/mol. The molecule has 272 valence electrons. The first-order valence-electron chi connectivity index (χ1n) is 15.9. The minimum atomic E-state index is -1.93. The van der Waals surface area contributed by atoms with Gasteiger partial charge in [-0.25, -0.2) is 0 Å². The quantitative estimate of drug-likeness (QED) is 0.205. The fourth-order valence-electron chi connectivity index (χ4n) is 6.58. The smallest absolute Gasteiger partial charge is 0.309 e. The van der Waals surface area contributed by atoms with Gasteiger partial charge in [0.05, 0.1) is 17.3 Å². The lowest BCUT2D eigenvalue weighted by molar-refractivity contribution is -0.187. The predicted octanol–water partition coefficient (Wildman–Crippen LogP) is 3.17. The minimum absolute atomic E-state index is 0.331. The number of hydrogen-bond donors (Lipinski definition) is 0. The first-order chi connectivity index (χ1) is 22.4. The number of allylic oxidation sites excluding steroid dienone is 2. The highest BCUT2D eigenvalue weighted by Crippen LogP contribution is 2.57. The molecule has 0 amide bonds. The largest absolute Gasteiger partial charge is 0.465 e. The van der Waals surface area contributed by atoms with E-state index in [1.807, 2.05) is 0 Å². The van der Waals surface area contributed by atoms with Gasteiger partial charge in [-0.15, -0.1) is 0 Å². The second kappa shape index (κ2) is 15.5. The lowest BCUT2D eigenvalue weighted by atomic mass is 9.66. The van der Waals surface area contributed by atoms with Crippen LogP contribution in [0.5, 0.6) is 0 Å². The van der Waals surface area contributed by atoms with Crippen LogP contribution in [0.4, 0.5) is 0 Å². The van der Waals surface area contributed by atoms with Crippen LogP contribution in [-0.2, 0) is 66.8 Å². The lowest BCUT2D eigenvalue weighted by Crippen LogP contribution is -2.56. The number of carbonyl (C=O) groups is 8. The normalized spacial score (nSPS) is 32.0. The molecule has 14 heteroatoms. The van der Waals surface area contributed by atoms with Gasteiger partial charge in [0.25, 0.3) is 0 Å². The van der Waals surface area contributed by atoms with Gasteiger partial charge in [0.15, 0.2) is 11.9 Å². The molecule has 0 unspecified atom stereocenters. The molecule has 2 rings (SSSR count). The molecule has 0 aromatic carbocycles. The molecule has 0 spiro atoms. The highest BCUT2D eigenvalue weighted by Gasteiger charge is 2.70. The van der Waals surface area contributed by atoms with E-state index in [1.165, 1.54) is 53.7 Å². The Hall–Kier alpha value is -4.36. The van der Waals surface area contributed by atoms with Crippen molar-refractivity contribution < 1.29 is 66.8 Å². The molecule has 2 aliphatic carbocycles. The third kappa shape index (κ3) is 9.21. The molecule has 0 heterocycles. The zero-order chi connectivity index (χ0) is 37.8. The number of ether oxygens (including phenoxy) is 6. The average molecular weight is 693 g/mol. The zero-order valence-corrected chi connectivity index (χ0v) is 30.0. The van der Waals surface area contributed by atoms with Crippen LogP contribution in [0.15, 0.2) is 24.3 Å². The Labute approximate surface area is 286 Å². The van der Waals surface area contributed by atoms with Crippen molar-refractivity contribution in [3.05, 3.63) is 24.3 Å². The molecule has 0 aromatic heterocycles. The van der Waals surface area contributed by atoms with Crippen LogP contribution in [-0.4, -0.2) is 84.0 Å². The fourth-order valence-corrected chi connectivity index (χ4v) is 6.58. The molecule has 0 N–H and O–H groups in total. The number of Topliss-reactive ketones (excluding diaryl/α,β-unsaturated/α-hetero) is 2. The summed E-state index contributed by atoms with van der Waals surface area (Å²) in [5.41, 5.74) is -5.50. The van der Waals surface area contributed by atoms with Crippen LogP contribution >= 0.6 is 0 Å². The van der Waals surface area contributed by atoms with Crippen LogP contribution < -0.4 is 0 Å². The second-order valence-electron chi connectivity index (χ2n) is 13.8. The number of ketones is 2. The molecule has 0 saturated heterocycles. The Morgan fingerprint density at radius 2 is 1.31 bits per heavy atom. The highest BCUT2D eigenvalue weighted by atomic mass is 16.6.